The minimum absolute atomic E-state index is 0.0869. The van der Waals surface area contributed by atoms with Gasteiger partial charge in [0.2, 0.25) is 0 Å². The predicted molar refractivity (Wildman–Crippen MR) is 348 cm³/mol. The molecule has 456 valence electrons. The number of allylic oxidation sites excluding steroid dienone is 20. The van der Waals surface area contributed by atoms with Crippen molar-refractivity contribution in [3.8, 4) is 0 Å². The summed E-state index contributed by atoms with van der Waals surface area (Å²) in [4.78, 5) is 38.4. The lowest BCUT2D eigenvalue weighted by Gasteiger charge is -2.18. The van der Waals surface area contributed by atoms with Gasteiger partial charge in [0, 0.05) is 19.3 Å². The van der Waals surface area contributed by atoms with E-state index in [-0.39, 0.29) is 31.1 Å². The average molecular weight is 1110 g/mol. The van der Waals surface area contributed by atoms with Crippen LogP contribution in [-0.4, -0.2) is 37.2 Å². The van der Waals surface area contributed by atoms with E-state index in [9.17, 15) is 14.4 Å². The van der Waals surface area contributed by atoms with Crippen LogP contribution in [0.3, 0.4) is 0 Å². The molecule has 0 aliphatic carbocycles. The molecule has 80 heavy (non-hydrogen) atoms. The van der Waals surface area contributed by atoms with Crippen molar-refractivity contribution in [3.05, 3.63) is 122 Å². The Morgan fingerprint density at radius 1 is 0.263 bits per heavy atom. The number of ether oxygens (including phenoxy) is 3. The largest absolute Gasteiger partial charge is 0.462 e. The summed E-state index contributed by atoms with van der Waals surface area (Å²) >= 11 is 0. The van der Waals surface area contributed by atoms with Gasteiger partial charge < -0.3 is 14.2 Å². The molecule has 1 atom stereocenters. The van der Waals surface area contributed by atoms with Gasteiger partial charge in [0.05, 0.1) is 0 Å². The molecule has 1 unspecified atom stereocenters. The Balaban J connectivity index is 4.33. The van der Waals surface area contributed by atoms with Gasteiger partial charge in [-0.15, -0.1) is 0 Å². The van der Waals surface area contributed by atoms with Gasteiger partial charge in [-0.3, -0.25) is 14.4 Å². The zero-order valence-corrected chi connectivity index (χ0v) is 52.3. The third kappa shape index (κ3) is 64.6. The van der Waals surface area contributed by atoms with E-state index in [2.05, 4.69) is 142 Å². The van der Waals surface area contributed by atoms with Gasteiger partial charge >= 0.3 is 17.9 Å². The molecule has 0 bridgehead atoms. The second-order valence-electron chi connectivity index (χ2n) is 22.0. The zero-order valence-electron chi connectivity index (χ0n) is 52.3. The lowest BCUT2D eigenvalue weighted by Crippen LogP contribution is -2.30. The van der Waals surface area contributed by atoms with Crippen LogP contribution in [0.1, 0.15) is 310 Å². The van der Waals surface area contributed by atoms with Gasteiger partial charge in [0.15, 0.2) is 6.10 Å². The number of unbranched alkanes of at least 4 members (excludes halogenated alkanes) is 29. The molecule has 0 rings (SSSR count). The SMILES string of the molecule is CC/C=C\C/C=C\C/C=C\C/C=C\CCCCCCCCCCCCCCCCC(=O)OCC(COC(=O)CCCCCCC/C=C\C/C=C\CCCC)OC(=O)CCCCCCCCCC/C=C\C/C=C\C/C=C\C/C=C\CC. The quantitative estimate of drug-likeness (QED) is 0.0261. The highest BCUT2D eigenvalue weighted by molar-refractivity contribution is 5.71. The van der Waals surface area contributed by atoms with Crippen LogP contribution in [-0.2, 0) is 28.6 Å². The highest BCUT2D eigenvalue weighted by Gasteiger charge is 2.19. The van der Waals surface area contributed by atoms with Crippen molar-refractivity contribution in [1.82, 2.24) is 0 Å². The molecule has 0 fully saturated rings. The van der Waals surface area contributed by atoms with Crippen LogP contribution in [0.15, 0.2) is 122 Å². The third-order valence-corrected chi connectivity index (χ3v) is 14.2. The van der Waals surface area contributed by atoms with Gasteiger partial charge in [-0.05, 0) is 122 Å². The molecular formula is C74H124O6. The summed E-state index contributed by atoms with van der Waals surface area (Å²) in [6, 6.07) is 0. The molecule has 0 aliphatic rings. The van der Waals surface area contributed by atoms with Crippen LogP contribution in [0.5, 0.6) is 0 Å². The predicted octanol–water partition coefficient (Wildman–Crippen LogP) is 23.2. The Kier molecular flexibility index (Phi) is 63.8. The molecule has 0 radical (unpaired) electrons. The van der Waals surface area contributed by atoms with Gasteiger partial charge in [-0.25, -0.2) is 0 Å². The Labute approximate surface area is 494 Å². The number of hydrogen-bond acceptors (Lipinski definition) is 6. The fourth-order valence-corrected chi connectivity index (χ4v) is 9.21. The second-order valence-corrected chi connectivity index (χ2v) is 22.0. The summed E-state index contributed by atoms with van der Waals surface area (Å²) in [5, 5.41) is 0. The van der Waals surface area contributed by atoms with Crippen LogP contribution >= 0.6 is 0 Å². The third-order valence-electron chi connectivity index (χ3n) is 14.2. The maximum atomic E-state index is 12.9. The normalized spacial score (nSPS) is 12.9. The Hall–Kier alpha value is -4.19. The van der Waals surface area contributed by atoms with Crippen LogP contribution in [0.2, 0.25) is 0 Å². The number of hydrogen-bond donors (Lipinski definition) is 0. The first-order valence-electron chi connectivity index (χ1n) is 33.5. The van der Waals surface area contributed by atoms with Gasteiger partial charge in [0.1, 0.15) is 13.2 Å². The molecule has 0 spiro atoms. The van der Waals surface area contributed by atoms with E-state index in [0.29, 0.717) is 19.3 Å². The summed E-state index contributed by atoms with van der Waals surface area (Å²) in [6.45, 7) is 6.38. The topological polar surface area (TPSA) is 78.9 Å². The van der Waals surface area contributed by atoms with E-state index in [4.69, 9.17) is 14.2 Å². The first kappa shape index (κ1) is 75.8. The van der Waals surface area contributed by atoms with E-state index in [0.717, 1.165) is 141 Å². The molecule has 0 aromatic rings. The summed E-state index contributed by atoms with van der Waals surface area (Å²) in [7, 11) is 0. The average Bonchev–Trinajstić information content (AvgIpc) is 3.46. The van der Waals surface area contributed by atoms with Crippen LogP contribution in [0.25, 0.3) is 0 Å². The molecule has 0 aliphatic heterocycles. The van der Waals surface area contributed by atoms with E-state index in [1.807, 2.05) is 0 Å². The first-order valence-corrected chi connectivity index (χ1v) is 33.5. The van der Waals surface area contributed by atoms with Crippen LogP contribution in [0, 0.1) is 0 Å². The summed E-state index contributed by atoms with van der Waals surface area (Å²) in [5.74, 6) is -0.902. The number of carbonyl (C=O) groups excluding carboxylic acids is 3. The lowest BCUT2D eigenvalue weighted by atomic mass is 10.0. The minimum atomic E-state index is -0.793. The van der Waals surface area contributed by atoms with E-state index in [1.54, 1.807) is 0 Å². The number of rotatable bonds is 60. The van der Waals surface area contributed by atoms with Gasteiger partial charge in [0.25, 0.3) is 0 Å². The second kappa shape index (κ2) is 67.3. The summed E-state index contributed by atoms with van der Waals surface area (Å²) in [6.07, 6.45) is 93.5. The first-order chi connectivity index (χ1) is 39.5. The number of esters is 3. The maximum absolute atomic E-state index is 12.9. The maximum Gasteiger partial charge on any atom is 0.306 e. The summed E-state index contributed by atoms with van der Waals surface area (Å²) < 4.78 is 16.9. The van der Waals surface area contributed by atoms with Gasteiger partial charge in [-0.1, -0.05) is 290 Å². The Morgan fingerprint density at radius 2 is 0.487 bits per heavy atom. The van der Waals surface area contributed by atoms with E-state index in [1.165, 1.54) is 128 Å². The molecule has 0 saturated heterocycles. The zero-order chi connectivity index (χ0) is 57.8. The molecule has 6 heteroatoms. The van der Waals surface area contributed by atoms with Crippen molar-refractivity contribution in [1.29, 1.82) is 0 Å². The lowest BCUT2D eigenvalue weighted by molar-refractivity contribution is -0.167. The van der Waals surface area contributed by atoms with Crippen molar-refractivity contribution in [2.75, 3.05) is 13.2 Å². The molecule has 0 aromatic heterocycles. The molecule has 0 N–H and O–H groups in total. The molecule has 0 heterocycles. The standard InChI is InChI=1S/C74H124O6/c1-4-7-10-13-16-19-22-25-28-30-32-34-35-36-37-38-39-41-42-44-46-49-52-55-58-61-64-67-73(76)79-70-71(69-78-72(75)66-63-60-57-54-51-48-27-24-21-18-15-12-9-6-3)80-74(77)68-65-62-59-56-53-50-47-45-43-40-33-31-29-26-23-20-17-14-11-8-5-2/h7-8,10-11,15-20,24-29,32-34,40,71H,4-6,9,12-14,21-23,30-31,35-39,41-70H2,1-3H3/b10-7-,11-8-,18-15-,19-16-,20-17-,27-24-,28-25-,29-26-,34-32-,40-33-. The molecule has 0 saturated carbocycles. The monoisotopic (exact) mass is 1110 g/mol. The minimum Gasteiger partial charge on any atom is -0.462 e. The molecular weight excluding hydrogens is 985 g/mol. The summed E-state index contributed by atoms with van der Waals surface area (Å²) in [5.41, 5.74) is 0. The van der Waals surface area contributed by atoms with Crippen molar-refractivity contribution >= 4 is 17.9 Å². The fourth-order valence-electron chi connectivity index (χ4n) is 9.21. The van der Waals surface area contributed by atoms with E-state index >= 15 is 0 Å². The smallest absolute Gasteiger partial charge is 0.306 e. The van der Waals surface area contributed by atoms with Crippen molar-refractivity contribution < 1.29 is 28.6 Å². The van der Waals surface area contributed by atoms with Crippen molar-refractivity contribution in [3.63, 3.8) is 0 Å². The highest BCUT2D eigenvalue weighted by atomic mass is 16.6. The van der Waals surface area contributed by atoms with Gasteiger partial charge in [-0.2, -0.15) is 0 Å². The fraction of sp³-hybridized carbons (Fsp3) is 0.689. The Morgan fingerprint density at radius 3 is 0.762 bits per heavy atom. The molecule has 0 aromatic carbocycles. The molecule has 0 amide bonds. The van der Waals surface area contributed by atoms with Crippen LogP contribution < -0.4 is 0 Å². The van der Waals surface area contributed by atoms with Crippen LogP contribution in [0.4, 0.5) is 0 Å². The van der Waals surface area contributed by atoms with E-state index < -0.39 is 6.10 Å². The molecule has 6 nitrogen and oxygen atoms in total. The Bertz CT molecular complexity index is 1650. The number of carbonyl (C=O) groups is 3. The van der Waals surface area contributed by atoms with Crippen molar-refractivity contribution in [2.45, 2.75) is 316 Å². The highest BCUT2D eigenvalue weighted by Crippen LogP contribution is 2.16. The van der Waals surface area contributed by atoms with Crippen molar-refractivity contribution in [2.24, 2.45) is 0 Å².